The molecule has 1 aliphatic heterocycles. The molecule has 1 aromatic carbocycles. The van der Waals surface area contributed by atoms with Crippen molar-refractivity contribution < 1.29 is 0 Å². The molecule has 4 nitrogen and oxygen atoms in total. The Balaban J connectivity index is 1.57. The van der Waals surface area contributed by atoms with E-state index < -0.39 is 0 Å². The summed E-state index contributed by atoms with van der Waals surface area (Å²) in [6.45, 7) is 5.65. The molecule has 0 aliphatic carbocycles. The van der Waals surface area contributed by atoms with E-state index in [-0.39, 0.29) is 0 Å². The van der Waals surface area contributed by atoms with E-state index in [9.17, 15) is 0 Å². The van der Waals surface area contributed by atoms with Gasteiger partial charge in [-0.3, -0.25) is 4.90 Å². The fraction of sp³-hybridized carbons (Fsp3) is 0.526. The maximum Gasteiger partial charge on any atom is 0.109 e. The van der Waals surface area contributed by atoms with Gasteiger partial charge in [0.2, 0.25) is 0 Å². The number of aryl methyl sites for hydroxylation is 1. The Hall–Kier alpha value is -1.65. The highest BCUT2D eigenvalue weighted by Gasteiger charge is 2.14. The van der Waals surface area contributed by atoms with Crippen LogP contribution in [0.25, 0.3) is 0 Å². The number of nitrogens with zero attached hydrogens (tertiary/aromatic N) is 4. The minimum atomic E-state index is 0.994. The molecule has 2 heterocycles. The summed E-state index contributed by atoms with van der Waals surface area (Å²) in [6, 6.07) is 8.90. The van der Waals surface area contributed by atoms with Crippen molar-refractivity contribution >= 4 is 0 Å². The van der Waals surface area contributed by atoms with Gasteiger partial charge in [-0.05, 0) is 44.1 Å². The smallest absolute Gasteiger partial charge is 0.109 e. The van der Waals surface area contributed by atoms with Crippen molar-refractivity contribution in [2.24, 2.45) is 7.05 Å². The molecule has 4 heteroatoms. The maximum absolute atomic E-state index is 4.41. The minimum Gasteiger partial charge on any atom is -0.338 e. The predicted molar refractivity (Wildman–Crippen MR) is 94.2 cm³/mol. The topological polar surface area (TPSA) is 24.3 Å². The number of likely N-dealkylation sites (N-methyl/N-ethyl adjacent to an activating group) is 1. The fourth-order valence-electron chi connectivity index (χ4n) is 3.35. The largest absolute Gasteiger partial charge is 0.338 e. The van der Waals surface area contributed by atoms with Gasteiger partial charge in [0.05, 0.1) is 0 Å². The second kappa shape index (κ2) is 7.75. The Morgan fingerprint density at radius 2 is 1.87 bits per heavy atom. The summed E-state index contributed by atoms with van der Waals surface area (Å²) in [5, 5.41) is 0. The van der Waals surface area contributed by atoms with Crippen molar-refractivity contribution in [1.82, 2.24) is 19.4 Å². The minimum absolute atomic E-state index is 0.994. The summed E-state index contributed by atoms with van der Waals surface area (Å²) >= 11 is 0. The molecule has 0 spiro atoms. The quantitative estimate of drug-likeness (QED) is 0.785. The first-order valence-corrected chi connectivity index (χ1v) is 8.66. The van der Waals surface area contributed by atoms with Gasteiger partial charge >= 0.3 is 0 Å². The van der Waals surface area contributed by atoms with Crippen LogP contribution in [0.4, 0.5) is 0 Å². The van der Waals surface area contributed by atoms with Crippen LogP contribution in [0.2, 0.25) is 0 Å². The molecule has 23 heavy (non-hydrogen) atoms. The Bertz CT molecular complexity index is 613. The zero-order chi connectivity index (χ0) is 16.1. The van der Waals surface area contributed by atoms with Gasteiger partial charge in [0, 0.05) is 45.5 Å². The fourth-order valence-corrected chi connectivity index (χ4v) is 3.35. The first kappa shape index (κ1) is 16.2. The molecule has 0 N–H and O–H groups in total. The zero-order valence-corrected chi connectivity index (χ0v) is 14.4. The molecule has 0 radical (unpaired) electrons. The van der Waals surface area contributed by atoms with Crippen molar-refractivity contribution in [3.63, 3.8) is 0 Å². The summed E-state index contributed by atoms with van der Waals surface area (Å²) in [7, 11) is 4.27. The second-order valence-corrected chi connectivity index (χ2v) is 6.69. The highest BCUT2D eigenvalue weighted by molar-refractivity contribution is 5.27. The van der Waals surface area contributed by atoms with E-state index in [1.54, 1.807) is 0 Å². The van der Waals surface area contributed by atoms with Gasteiger partial charge in [-0.2, -0.15) is 0 Å². The van der Waals surface area contributed by atoms with Crippen LogP contribution in [0.15, 0.2) is 36.7 Å². The van der Waals surface area contributed by atoms with Gasteiger partial charge in [0.15, 0.2) is 0 Å². The van der Waals surface area contributed by atoms with Gasteiger partial charge in [-0.1, -0.05) is 24.3 Å². The van der Waals surface area contributed by atoms with Gasteiger partial charge in [-0.25, -0.2) is 4.98 Å². The maximum atomic E-state index is 4.41. The summed E-state index contributed by atoms with van der Waals surface area (Å²) < 4.78 is 2.11. The SMILES string of the molecule is CN(CCc1nccn1C)Cc1ccccc1CN1CCCC1. The average molecular weight is 312 g/mol. The normalized spacial score (nSPS) is 15.6. The average Bonchev–Trinajstić information content (AvgIpc) is 3.19. The number of benzene rings is 1. The van der Waals surface area contributed by atoms with Gasteiger partial charge in [0.25, 0.3) is 0 Å². The third-order valence-corrected chi connectivity index (χ3v) is 4.79. The van der Waals surface area contributed by atoms with Crippen LogP contribution < -0.4 is 0 Å². The molecule has 0 amide bonds. The van der Waals surface area contributed by atoms with E-state index in [0.717, 1.165) is 31.9 Å². The molecular weight excluding hydrogens is 284 g/mol. The summed E-state index contributed by atoms with van der Waals surface area (Å²) in [5.41, 5.74) is 2.94. The monoisotopic (exact) mass is 312 g/mol. The second-order valence-electron chi connectivity index (χ2n) is 6.69. The predicted octanol–water partition coefficient (Wildman–Crippen LogP) is 2.69. The lowest BCUT2D eigenvalue weighted by Crippen LogP contribution is -2.24. The lowest BCUT2D eigenvalue weighted by molar-refractivity contribution is 0.312. The Labute approximate surface area is 139 Å². The first-order chi connectivity index (χ1) is 11.2. The third kappa shape index (κ3) is 4.43. The lowest BCUT2D eigenvalue weighted by atomic mass is 10.1. The van der Waals surface area contributed by atoms with E-state index >= 15 is 0 Å². The lowest BCUT2D eigenvalue weighted by Gasteiger charge is -2.21. The highest BCUT2D eigenvalue weighted by Crippen LogP contribution is 2.17. The standard InChI is InChI=1S/C19H28N4/c1-21(13-9-19-20-10-14-22(19)2)15-17-7-3-4-8-18(17)16-23-11-5-6-12-23/h3-4,7-8,10,14H,5-6,9,11-13,15-16H2,1-2H3. The number of hydrogen-bond acceptors (Lipinski definition) is 3. The van der Waals surface area contributed by atoms with Crippen molar-refractivity contribution in [3.8, 4) is 0 Å². The number of aromatic nitrogens is 2. The molecule has 1 fully saturated rings. The summed E-state index contributed by atoms with van der Waals surface area (Å²) in [6.07, 6.45) is 7.59. The zero-order valence-electron chi connectivity index (χ0n) is 14.4. The van der Waals surface area contributed by atoms with E-state index in [4.69, 9.17) is 0 Å². The molecule has 3 rings (SSSR count). The van der Waals surface area contributed by atoms with Crippen LogP contribution in [0.5, 0.6) is 0 Å². The summed E-state index contributed by atoms with van der Waals surface area (Å²) in [4.78, 5) is 9.39. The molecule has 124 valence electrons. The van der Waals surface area contributed by atoms with Gasteiger partial charge in [0.1, 0.15) is 5.82 Å². The highest BCUT2D eigenvalue weighted by atomic mass is 15.1. The number of rotatable bonds is 7. The van der Waals surface area contributed by atoms with E-state index in [2.05, 4.69) is 57.7 Å². The van der Waals surface area contributed by atoms with Crippen LogP contribution in [0, 0.1) is 0 Å². The molecule has 1 saturated heterocycles. The van der Waals surface area contributed by atoms with Crippen molar-refractivity contribution in [2.75, 3.05) is 26.7 Å². The molecule has 2 aromatic rings. The number of imidazole rings is 1. The van der Waals surface area contributed by atoms with Crippen LogP contribution >= 0.6 is 0 Å². The van der Waals surface area contributed by atoms with Gasteiger partial charge < -0.3 is 9.47 Å². The van der Waals surface area contributed by atoms with Crippen molar-refractivity contribution in [2.45, 2.75) is 32.4 Å². The molecule has 1 aromatic heterocycles. The van der Waals surface area contributed by atoms with Crippen LogP contribution in [-0.2, 0) is 26.6 Å². The molecule has 0 saturated carbocycles. The summed E-state index contributed by atoms with van der Waals surface area (Å²) in [5.74, 6) is 1.15. The Morgan fingerprint density at radius 3 is 2.57 bits per heavy atom. The number of likely N-dealkylation sites (tertiary alicyclic amines) is 1. The van der Waals surface area contributed by atoms with E-state index in [1.165, 1.54) is 37.1 Å². The van der Waals surface area contributed by atoms with Crippen molar-refractivity contribution in [1.29, 1.82) is 0 Å². The molecular formula is C19H28N4. The first-order valence-electron chi connectivity index (χ1n) is 8.66. The Morgan fingerprint density at radius 1 is 1.13 bits per heavy atom. The molecule has 0 bridgehead atoms. The molecule has 0 atom stereocenters. The molecule has 1 aliphatic rings. The van der Waals surface area contributed by atoms with Crippen LogP contribution in [0.3, 0.4) is 0 Å². The van der Waals surface area contributed by atoms with Gasteiger partial charge in [-0.15, -0.1) is 0 Å². The van der Waals surface area contributed by atoms with E-state index in [0.29, 0.717) is 0 Å². The third-order valence-electron chi connectivity index (χ3n) is 4.79. The van der Waals surface area contributed by atoms with Crippen LogP contribution in [0.1, 0.15) is 29.8 Å². The molecule has 0 unspecified atom stereocenters. The Kier molecular flexibility index (Phi) is 5.47. The van der Waals surface area contributed by atoms with Crippen molar-refractivity contribution in [3.05, 3.63) is 53.6 Å². The number of hydrogen-bond donors (Lipinski definition) is 0. The van der Waals surface area contributed by atoms with E-state index in [1.807, 2.05) is 12.4 Å². The van der Waals surface area contributed by atoms with Crippen LogP contribution in [-0.4, -0.2) is 46.0 Å².